The fourth-order valence-corrected chi connectivity index (χ4v) is 2.99. The maximum atomic E-state index is 12.5. The zero-order valence-electron chi connectivity index (χ0n) is 15.9. The molecule has 1 aliphatic heterocycles. The molecule has 0 bridgehead atoms. The predicted octanol–water partition coefficient (Wildman–Crippen LogP) is 5.10. The number of benzene rings is 1. The number of allylic oxidation sites excluding steroid dienone is 3. The van der Waals surface area contributed by atoms with E-state index in [0.717, 1.165) is 43.7 Å². The molecule has 2 rings (SSSR count). The Labute approximate surface area is 153 Å². The normalized spacial score (nSPS) is 15.0. The Morgan fingerprint density at radius 1 is 1.20 bits per heavy atom. The molecule has 1 aromatic rings. The van der Waals surface area contributed by atoms with Crippen molar-refractivity contribution in [3.8, 4) is 0 Å². The first-order chi connectivity index (χ1) is 12.2. The monoisotopic (exact) mass is 340 g/mol. The van der Waals surface area contributed by atoms with Crippen molar-refractivity contribution >= 4 is 5.91 Å². The van der Waals surface area contributed by atoms with E-state index in [2.05, 4.69) is 25.0 Å². The van der Waals surface area contributed by atoms with Crippen LogP contribution in [-0.2, 0) is 0 Å². The third-order valence-corrected chi connectivity index (χ3v) is 4.41. The molecule has 3 nitrogen and oxygen atoms in total. The number of nitrogens with zero attached hydrogens (tertiary/aromatic N) is 2. The first kappa shape index (κ1) is 20.8. The standard InChI is InChI=1S/C20H26N2O.C2H6/c1-4-9-17(3)21(5-2)16-18-12-14-22(15-13-18)20(23)19-10-7-6-8-11-19;1-2/h4-11,18H,1-2,12-16H2,3H3;1-2H3/b17-9+;. The van der Waals surface area contributed by atoms with Crippen LogP contribution in [0.5, 0.6) is 0 Å². The first-order valence-electron chi connectivity index (χ1n) is 9.18. The molecule has 0 spiro atoms. The van der Waals surface area contributed by atoms with Gasteiger partial charge in [-0.3, -0.25) is 4.79 Å². The lowest BCUT2D eigenvalue weighted by Crippen LogP contribution is -2.40. The predicted molar refractivity (Wildman–Crippen MR) is 107 cm³/mol. The van der Waals surface area contributed by atoms with E-state index in [0.29, 0.717) is 5.92 Å². The number of rotatable bonds is 6. The summed E-state index contributed by atoms with van der Waals surface area (Å²) < 4.78 is 0. The van der Waals surface area contributed by atoms with Gasteiger partial charge in [0.15, 0.2) is 0 Å². The van der Waals surface area contributed by atoms with Crippen LogP contribution < -0.4 is 0 Å². The molecular weight excluding hydrogens is 308 g/mol. The molecule has 0 N–H and O–H groups in total. The fourth-order valence-electron chi connectivity index (χ4n) is 2.99. The number of hydrogen-bond donors (Lipinski definition) is 0. The maximum absolute atomic E-state index is 12.5. The third kappa shape index (κ3) is 6.26. The van der Waals surface area contributed by atoms with E-state index in [9.17, 15) is 4.79 Å². The van der Waals surface area contributed by atoms with Gasteiger partial charge in [0.1, 0.15) is 0 Å². The Bertz CT molecular complexity index is 569. The van der Waals surface area contributed by atoms with Gasteiger partial charge in [0.05, 0.1) is 0 Å². The Balaban J connectivity index is 0.00000151. The van der Waals surface area contributed by atoms with Crippen molar-refractivity contribution in [3.05, 3.63) is 73.1 Å². The first-order valence-corrected chi connectivity index (χ1v) is 9.18. The summed E-state index contributed by atoms with van der Waals surface area (Å²) in [4.78, 5) is 16.6. The average Bonchev–Trinajstić information content (AvgIpc) is 2.68. The summed E-state index contributed by atoms with van der Waals surface area (Å²) in [6, 6.07) is 9.54. The topological polar surface area (TPSA) is 23.6 Å². The van der Waals surface area contributed by atoms with Crippen molar-refractivity contribution in [1.82, 2.24) is 9.80 Å². The zero-order valence-corrected chi connectivity index (χ0v) is 15.9. The molecule has 3 heteroatoms. The second-order valence-corrected chi connectivity index (χ2v) is 5.98. The summed E-state index contributed by atoms with van der Waals surface area (Å²) in [5.41, 5.74) is 1.93. The van der Waals surface area contributed by atoms with Crippen LogP contribution in [0.15, 0.2) is 67.5 Å². The van der Waals surface area contributed by atoms with Gasteiger partial charge in [0, 0.05) is 30.9 Å². The van der Waals surface area contributed by atoms with Crippen molar-refractivity contribution in [2.24, 2.45) is 5.92 Å². The highest BCUT2D eigenvalue weighted by Gasteiger charge is 2.24. The summed E-state index contributed by atoms with van der Waals surface area (Å²) in [7, 11) is 0. The highest BCUT2D eigenvalue weighted by atomic mass is 16.2. The smallest absolute Gasteiger partial charge is 0.253 e. The molecule has 1 fully saturated rings. The largest absolute Gasteiger partial charge is 0.352 e. The van der Waals surface area contributed by atoms with E-state index >= 15 is 0 Å². The Morgan fingerprint density at radius 3 is 2.32 bits per heavy atom. The zero-order chi connectivity index (χ0) is 18.7. The molecule has 1 aromatic carbocycles. The fraction of sp³-hybridized carbons (Fsp3) is 0.409. The lowest BCUT2D eigenvalue weighted by Gasteiger charge is -2.34. The molecule has 0 saturated carbocycles. The SMILES string of the molecule is C=C/C=C(\C)N(C=C)CC1CCN(C(=O)c2ccccc2)CC1.CC. The highest BCUT2D eigenvalue weighted by Crippen LogP contribution is 2.21. The minimum absolute atomic E-state index is 0.146. The van der Waals surface area contributed by atoms with Crippen molar-refractivity contribution in [2.75, 3.05) is 19.6 Å². The molecule has 0 atom stereocenters. The highest BCUT2D eigenvalue weighted by molar-refractivity contribution is 5.94. The molecule has 0 aliphatic carbocycles. The van der Waals surface area contributed by atoms with Crippen LogP contribution in [0.3, 0.4) is 0 Å². The van der Waals surface area contributed by atoms with Crippen molar-refractivity contribution in [3.63, 3.8) is 0 Å². The van der Waals surface area contributed by atoms with Gasteiger partial charge >= 0.3 is 0 Å². The number of piperidine rings is 1. The molecule has 1 amide bonds. The lowest BCUT2D eigenvalue weighted by molar-refractivity contribution is 0.0681. The molecule has 0 aromatic heterocycles. The number of likely N-dealkylation sites (tertiary alicyclic amines) is 1. The van der Waals surface area contributed by atoms with Crippen LogP contribution in [0.25, 0.3) is 0 Å². The van der Waals surface area contributed by atoms with Crippen LogP contribution >= 0.6 is 0 Å². The van der Waals surface area contributed by atoms with Gasteiger partial charge in [-0.2, -0.15) is 0 Å². The Morgan fingerprint density at radius 2 is 1.80 bits per heavy atom. The second kappa shape index (κ2) is 11.3. The van der Waals surface area contributed by atoms with Gasteiger partial charge in [-0.25, -0.2) is 0 Å². The lowest BCUT2D eigenvalue weighted by atomic mass is 9.95. The van der Waals surface area contributed by atoms with E-state index in [1.54, 1.807) is 6.08 Å². The average molecular weight is 341 g/mol. The van der Waals surface area contributed by atoms with E-state index in [4.69, 9.17) is 0 Å². The van der Waals surface area contributed by atoms with Crippen LogP contribution in [0, 0.1) is 5.92 Å². The van der Waals surface area contributed by atoms with Gasteiger partial charge in [-0.1, -0.05) is 51.3 Å². The van der Waals surface area contributed by atoms with E-state index in [-0.39, 0.29) is 5.91 Å². The van der Waals surface area contributed by atoms with E-state index in [1.807, 2.05) is 61.4 Å². The molecule has 136 valence electrons. The van der Waals surface area contributed by atoms with Gasteiger partial charge in [0.2, 0.25) is 0 Å². The van der Waals surface area contributed by atoms with Crippen molar-refractivity contribution in [2.45, 2.75) is 33.6 Å². The summed E-state index contributed by atoms with van der Waals surface area (Å²) >= 11 is 0. The van der Waals surface area contributed by atoms with Crippen molar-refractivity contribution in [1.29, 1.82) is 0 Å². The summed E-state index contributed by atoms with van der Waals surface area (Å²) in [6.07, 6.45) is 7.73. The molecule has 1 heterocycles. The van der Waals surface area contributed by atoms with Crippen LogP contribution in [-0.4, -0.2) is 35.3 Å². The Kier molecular flexibility index (Phi) is 9.38. The minimum Gasteiger partial charge on any atom is -0.352 e. The van der Waals surface area contributed by atoms with Crippen molar-refractivity contribution < 1.29 is 4.79 Å². The minimum atomic E-state index is 0.146. The molecular formula is C22H32N2O. The third-order valence-electron chi connectivity index (χ3n) is 4.41. The molecule has 1 saturated heterocycles. The van der Waals surface area contributed by atoms with Crippen LogP contribution in [0.4, 0.5) is 0 Å². The van der Waals surface area contributed by atoms with Gasteiger partial charge in [0.25, 0.3) is 5.91 Å². The summed E-state index contributed by atoms with van der Waals surface area (Å²) in [6.45, 7) is 16.3. The molecule has 1 aliphatic rings. The number of carbonyl (C=O) groups is 1. The maximum Gasteiger partial charge on any atom is 0.253 e. The Hall–Kier alpha value is -2.29. The quantitative estimate of drug-likeness (QED) is 0.673. The van der Waals surface area contributed by atoms with Gasteiger partial charge in [-0.15, -0.1) is 0 Å². The van der Waals surface area contributed by atoms with Gasteiger partial charge in [-0.05, 0) is 50.1 Å². The summed E-state index contributed by atoms with van der Waals surface area (Å²) in [5, 5.41) is 0. The van der Waals surface area contributed by atoms with E-state index < -0.39 is 0 Å². The number of hydrogen-bond acceptors (Lipinski definition) is 2. The van der Waals surface area contributed by atoms with Crippen LogP contribution in [0.2, 0.25) is 0 Å². The van der Waals surface area contributed by atoms with Gasteiger partial charge < -0.3 is 9.80 Å². The second-order valence-electron chi connectivity index (χ2n) is 5.98. The summed E-state index contributed by atoms with van der Waals surface area (Å²) in [5.74, 6) is 0.730. The molecule has 25 heavy (non-hydrogen) atoms. The molecule has 0 unspecified atom stereocenters. The molecule has 0 radical (unpaired) electrons. The number of amides is 1. The number of carbonyl (C=O) groups excluding carboxylic acids is 1. The van der Waals surface area contributed by atoms with Crippen LogP contribution in [0.1, 0.15) is 44.0 Å². The van der Waals surface area contributed by atoms with E-state index in [1.165, 1.54) is 0 Å².